The average Bonchev–Trinajstić information content (AvgIpc) is 2.88. The summed E-state index contributed by atoms with van der Waals surface area (Å²) in [6.45, 7) is 1.84. The summed E-state index contributed by atoms with van der Waals surface area (Å²) in [5, 5.41) is 11.8. The van der Waals surface area contributed by atoms with E-state index in [0.717, 1.165) is 21.4 Å². The van der Waals surface area contributed by atoms with E-state index < -0.39 is 0 Å². The molecule has 100 valence electrons. The number of nitrogens with two attached hydrogens (primary N) is 1. The SMILES string of the molecule is Cc1nc(N)ncc1-c1nnnn1-c1ccc(Br)cc1. The van der Waals surface area contributed by atoms with Gasteiger partial charge >= 0.3 is 0 Å². The van der Waals surface area contributed by atoms with Crippen LogP contribution >= 0.6 is 15.9 Å². The highest BCUT2D eigenvalue weighted by Gasteiger charge is 2.14. The number of rotatable bonds is 2. The number of aromatic nitrogens is 6. The minimum absolute atomic E-state index is 0.230. The van der Waals surface area contributed by atoms with Crippen molar-refractivity contribution in [2.75, 3.05) is 5.73 Å². The number of nitrogen functional groups attached to an aromatic ring is 1. The quantitative estimate of drug-likeness (QED) is 0.768. The fourth-order valence-corrected chi connectivity index (χ4v) is 2.08. The summed E-state index contributed by atoms with van der Waals surface area (Å²) in [7, 11) is 0. The van der Waals surface area contributed by atoms with Crippen molar-refractivity contribution in [1.29, 1.82) is 0 Å². The monoisotopic (exact) mass is 331 g/mol. The second-order valence-corrected chi connectivity index (χ2v) is 5.03. The second kappa shape index (κ2) is 4.97. The number of halogens is 1. The molecule has 0 fully saturated rings. The zero-order valence-electron chi connectivity index (χ0n) is 10.5. The largest absolute Gasteiger partial charge is 0.368 e. The third kappa shape index (κ3) is 2.25. The lowest BCUT2D eigenvalue weighted by atomic mass is 10.2. The van der Waals surface area contributed by atoms with E-state index >= 15 is 0 Å². The fraction of sp³-hybridized carbons (Fsp3) is 0.0833. The molecule has 0 bridgehead atoms. The molecular formula is C12H10BrN7. The molecule has 0 amide bonds. The van der Waals surface area contributed by atoms with E-state index in [1.54, 1.807) is 10.9 Å². The number of aryl methyl sites for hydroxylation is 1. The Bertz CT molecular complexity index is 751. The Morgan fingerprint density at radius 3 is 2.65 bits per heavy atom. The van der Waals surface area contributed by atoms with Crippen LogP contribution in [0.4, 0.5) is 5.95 Å². The number of anilines is 1. The summed E-state index contributed by atoms with van der Waals surface area (Å²) in [5.74, 6) is 0.804. The van der Waals surface area contributed by atoms with Crippen LogP contribution in [0.3, 0.4) is 0 Å². The molecule has 1 aromatic carbocycles. The number of tetrazole rings is 1. The molecule has 8 heteroatoms. The van der Waals surface area contributed by atoms with Gasteiger partial charge in [0.05, 0.1) is 16.9 Å². The molecule has 3 rings (SSSR count). The zero-order chi connectivity index (χ0) is 14.1. The van der Waals surface area contributed by atoms with Crippen molar-refractivity contribution in [3.63, 3.8) is 0 Å². The highest BCUT2D eigenvalue weighted by atomic mass is 79.9. The van der Waals surface area contributed by atoms with E-state index in [2.05, 4.69) is 41.4 Å². The van der Waals surface area contributed by atoms with Crippen molar-refractivity contribution in [2.24, 2.45) is 0 Å². The topological polar surface area (TPSA) is 95.4 Å². The van der Waals surface area contributed by atoms with Gasteiger partial charge in [-0.3, -0.25) is 0 Å². The minimum atomic E-state index is 0.230. The molecule has 3 aromatic rings. The summed E-state index contributed by atoms with van der Waals surface area (Å²) in [5.41, 5.74) is 7.88. The van der Waals surface area contributed by atoms with E-state index in [1.165, 1.54) is 0 Å². The Morgan fingerprint density at radius 1 is 1.20 bits per heavy atom. The third-order valence-corrected chi connectivity index (χ3v) is 3.31. The summed E-state index contributed by atoms with van der Waals surface area (Å²) >= 11 is 3.40. The minimum Gasteiger partial charge on any atom is -0.368 e. The van der Waals surface area contributed by atoms with Crippen LogP contribution in [-0.4, -0.2) is 30.2 Å². The number of benzene rings is 1. The van der Waals surface area contributed by atoms with E-state index in [-0.39, 0.29) is 5.95 Å². The zero-order valence-corrected chi connectivity index (χ0v) is 12.1. The van der Waals surface area contributed by atoms with Crippen molar-refractivity contribution < 1.29 is 0 Å². The third-order valence-electron chi connectivity index (χ3n) is 2.78. The molecule has 20 heavy (non-hydrogen) atoms. The number of hydrogen-bond acceptors (Lipinski definition) is 6. The molecule has 7 nitrogen and oxygen atoms in total. The number of hydrogen-bond donors (Lipinski definition) is 1. The molecule has 0 spiro atoms. The van der Waals surface area contributed by atoms with Gasteiger partial charge in [-0.05, 0) is 41.6 Å². The Morgan fingerprint density at radius 2 is 1.95 bits per heavy atom. The van der Waals surface area contributed by atoms with Crippen molar-refractivity contribution in [1.82, 2.24) is 30.2 Å². The Balaban J connectivity index is 2.12. The summed E-state index contributed by atoms with van der Waals surface area (Å²) in [6, 6.07) is 7.68. The van der Waals surface area contributed by atoms with Gasteiger partial charge in [0.15, 0.2) is 5.82 Å². The van der Waals surface area contributed by atoms with Crippen LogP contribution in [0.15, 0.2) is 34.9 Å². The maximum absolute atomic E-state index is 5.56. The molecule has 0 atom stereocenters. The van der Waals surface area contributed by atoms with Crippen LogP contribution in [0, 0.1) is 6.92 Å². The maximum Gasteiger partial charge on any atom is 0.220 e. The maximum atomic E-state index is 5.56. The molecule has 0 aliphatic carbocycles. The van der Waals surface area contributed by atoms with Crippen LogP contribution in [0.2, 0.25) is 0 Å². The van der Waals surface area contributed by atoms with Gasteiger partial charge in [-0.2, -0.15) is 4.68 Å². The van der Waals surface area contributed by atoms with E-state index in [1.807, 2.05) is 31.2 Å². The highest BCUT2D eigenvalue weighted by Crippen LogP contribution is 2.22. The van der Waals surface area contributed by atoms with Gasteiger partial charge < -0.3 is 5.73 Å². The lowest BCUT2D eigenvalue weighted by molar-refractivity contribution is 0.790. The van der Waals surface area contributed by atoms with Crippen LogP contribution in [-0.2, 0) is 0 Å². The first-order chi connectivity index (χ1) is 9.65. The van der Waals surface area contributed by atoms with Crippen LogP contribution in [0.25, 0.3) is 17.1 Å². The first kappa shape index (κ1) is 12.7. The number of nitrogens with zero attached hydrogens (tertiary/aromatic N) is 6. The van der Waals surface area contributed by atoms with Gasteiger partial charge in [-0.15, -0.1) is 5.10 Å². The van der Waals surface area contributed by atoms with Gasteiger partial charge in [-0.25, -0.2) is 9.97 Å². The summed E-state index contributed by atoms with van der Waals surface area (Å²) in [4.78, 5) is 8.12. The lowest BCUT2D eigenvalue weighted by Gasteiger charge is -2.06. The van der Waals surface area contributed by atoms with E-state index in [9.17, 15) is 0 Å². The molecule has 2 heterocycles. The predicted molar refractivity (Wildman–Crippen MR) is 77.0 cm³/mol. The van der Waals surface area contributed by atoms with Crippen molar-refractivity contribution in [3.8, 4) is 17.1 Å². The molecule has 2 N–H and O–H groups in total. The van der Waals surface area contributed by atoms with Gasteiger partial charge in [0.1, 0.15) is 0 Å². The van der Waals surface area contributed by atoms with E-state index in [0.29, 0.717) is 5.82 Å². The molecule has 0 aliphatic rings. The lowest BCUT2D eigenvalue weighted by Crippen LogP contribution is -2.03. The normalized spacial score (nSPS) is 10.7. The van der Waals surface area contributed by atoms with Gasteiger partial charge in [0.2, 0.25) is 5.95 Å². The Labute approximate surface area is 123 Å². The molecule has 0 unspecified atom stereocenters. The molecule has 0 saturated carbocycles. The smallest absolute Gasteiger partial charge is 0.220 e. The van der Waals surface area contributed by atoms with Gasteiger partial charge in [-0.1, -0.05) is 15.9 Å². The molecule has 0 aliphatic heterocycles. The van der Waals surface area contributed by atoms with Crippen molar-refractivity contribution in [2.45, 2.75) is 6.92 Å². The van der Waals surface area contributed by atoms with Crippen molar-refractivity contribution >= 4 is 21.9 Å². The van der Waals surface area contributed by atoms with E-state index in [4.69, 9.17) is 5.73 Å². The second-order valence-electron chi connectivity index (χ2n) is 4.12. The standard InChI is InChI=1S/C12H10BrN7/c1-7-10(6-15-12(14)16-7)11-17-18-19-20(11)9-4-2-8(13)3-5-9/h2-6H,1H3,(H2,14,15,16). The fourth-order valence-electron chi connectivity index (χ4n) is 1.82. The molecule has 0 saturated heterocycles. The molecule has 0 radical (unpaired) electrons. The van der Waals surface area contributed by atoms with Gasteiger partial charge in [0.25, 0.3) is 0 Å². The summed E-state index contributed by atoms with van der Waals surface area (Å²) < 4.78 is 2.62. The molecule has 2 aromatic heterocycles. The predicted octanol–water partition coefficient (Wildman–Crippen LogP) is 1.77. The Kier molecular flexibility index (Phi) is 3.15. The highest BCUT2D eigenvalue weighted by molar-refractivity contribution is 9.10. The van der Waals surface area contributed by atoms with Crippen molar-refractivity contribution in [3.05, 3.63) is 40.6 Å². The average molecular weight is 332 g/mol. The Hall–Kier alpha value is -2.35. The first-order valence-electron chi connectivity index (χ1n) is 5.79. The van der Waals surface area contributed by atoms with Crippen LogP contribution < -0.4 is 5.73 Å². The summed E-state index contributed by atoms with van der Waals surface area (Å²) in [6.07, 6.45) is 1.62. The first-order valence-corrected chi connectivity index (χ1v) is 6.58. The van der Waals surface area contributed by atoms with Gasteiger partial charge in [0, 0.05) is 10.7 Å². The molecular weight excluding hydrogens is 322 g/mol. The van der Waals surface area contributed by atoms with Crippen LogP contribution in [0.1, 0.15) is 5.69 Å². The van der Waals surface area contributed by atoms with Crippen LogP contribution in [0.5, 0.6) is 0 Å².